The maximum Gasteiger partial charge on any atom is 0.161 e. The van der Waals surface area contributed by atoms with Crippen LogP contribution in [0.4, 0.5) is 0 Å². The van der Waals surface area contributed by atoms with Crippen LogP contribution in [-0.2, 0) is 0 Å². The van der Waals surface area contributed by atoms with Crippen LogP contribution in [0, 0.1) is 12.8 Å². The molecular weight excluding hydrogens is 250 g/mol. The average Bonchev–Trinajstić information content (AvgIpc) is 2.47. The van der Waals surface area contributed by atoms with E-state index in [1.165, 1.54) is 30.4 Å². The first-order valence-corrected chi connectivity index (χ1v) is 7.57. The van der Waals surface area contributed by atoms with Crippen molar-refractivity contribution in [1.82, 2.24) is 0 Å². The summed E-state index contributed by atoms with van der Waals surface area (Å²) in [6, 6.07) is 4.11. The van der Waals surface area contributed by atoms with Crippen LogP contribution < -0.4 is 15.2 Å². The van der Waals surface area contributed by atoms with Gasteiger partial charge in [0.05, 0.1) is 14.2 Å². The zero-order chi connectivity index (χ0) is 15.1. The highest BCUT2D eigenvalue weighted by atomic mass is 16.5. The number of unbranched alkanes of at least 4 members (excludes halogenated alkanes) is 1. The van der Waals surface area contributed by atoms with E-state index in [0.29, 0.717) is 5.92 Å². The SMILES string of the molecule is CCCCC(CC)C(N)c1cc(OC)c(OC)cc1C. The largest absolute Gasteiger partial charge is 0.493 e. The Labute approximate surface area is 123 Å². The summed E-state index contributed by atoms with van der Waals surface area (Å²) in [5, 5.41) is 0. The number of nitrogens with two attached hydrogens (primary N) is 1. The number of aryl methyl sites for hydroxylation is 1. The molecule has 0 heterocycles. The molecule has 0 saturated carbocycles. The topological polar surface area (TPSA) is 44.5 Å². The number of rotatable bonds is 8. The van der Waals surface area contributed by atoms with Crippen LogP contribution in [0.5, 0.6) is 11.5 Å². The third-order valence-corrected chi connectivity index (χ3v) is 4.09. The van der Waals surface area contributed by atoms with Gasteiger partial charge >= 0.3 is 0 Å². The van der Waals surface area contributed by atoms with E-state index >= 15 is 0 Å². The summed E-state index contributed by atoms with van der Waals surface area (Å²) in [5.41, 5.74) is 8.85. The number of hydrogen-bond acceptors (Lipinski definition) is 3. The van der Waals surface area contributed by atoms with Crippen molar-refractivity contribution in [3.8, 4) is 11.5 Å². The van der Waals surface area contributed by atoms with E-state index < -0.39 is 0 Å². The van der Waals surface area contributed by atoms with Crippen LogP contribution in [-0.4, -0.2) is 14.2 Å². The molecule has 3 nitrogen and oxygen atoms in total. The molecule has 0 saturated heterocycles. The van der Waals surface area contributed by atoms with Gasteiger partial charge in [-0.25, -0.2) is 0 Å². The maximum absolute atomic E-state index is 6.51. The van der Waals surface area contributed by atoms with Gasteiger partial charge in [-0.05, 0) is 42.5 Å². The molecule has 1 rings (SSSR count). The van der Waals surface area contributed by atoms with E-state index in [-0.39, 0.29) is 6.04 Å². The van der Waals surface area contributed by atoms with Gasteiger partial charge in [0.2, 0.25) is 0 Å². The fraction of sp³-hybridized carbons (Fsp3) is 0.647. The average molecular weight is 279 g/mol. The van der Waals surface area contributed by atoms with E-state index in [1.807, 2.05) is 12.1 Å². The molecule has 2 unspecified atom stereocenters. The fourth-order valence-corrected chi connectivity index (χ4v) is 2.71. The Morgan fingerprint density at radius 1 is 1.10 bits per heavy atom. The van der Waals surface area contributed by atoms with Gasteiger partial charge in [0.15, 0.2) is 11.5 Å². The van der Waals surface area contributed by atoms with E-state index in [1.54, 1.807) is 14.2 Å². The second-order valence-corrected chi connectivity index (χ2v) is 5.40. The standard InChI is InChI=1S/C17H29NO2/c1-6-8-9-13(7-2)17(18)14-11-16(20-5)15(19-4)10-12(14)3/h10-11,13,17H,6-9,18H2,1-5H3. The van der Waals surface area contributed by atoms with Crippen molar-refractivity contribution in [3.05, 3.63) is 23.3 Å². The summed E-state index contributed by atoms with van der Waals surface area (Å²) < 4.78 is 10.7. The van der Waals surface area contributed by atoms with Crippen LogP contribution >= 0.6 is 0 Å². The normalized spacial score (nSPS) is 13.9. The lowest BCUT2D eigenvalue weighted by Crippen LogP contribution is -2.22. The molecule has 114 valence electrons. The lowest BCUT2D eigenvalue weighted by molar-refractivity contribution is 0.349. The first-order valence-electron chi connectivity index (χ1n) is 7.57. The number of benzene rings is 1. The van der Waals surface area contributed by atoms with Crippen molar-refractivity contribution < 1.29 is 9.47 Å². The zero-order valence-corrected chi connectivity index (χ0v) is 13.5. The molecule has 0 amide bonds. The monoisotopic (exact) mass is 279 g/mol. The fourth-order valence-electron chi connectivity index (χ4n) is 2.71. The van der Waals surface area contributed by atoms with Gasteiger partial charge in [-0.3, -0.25) is 0 Å². The van der Waals surface area contributed by atoms with Gasteiger partial charge in [0.1, 0.15) is 0 Å². The van der Waals surface area contributed by atoms with E-state index in [4.69, 9.17) is 15.2 Å². The molecule has 1 aromatic rings. The molecule has 0 bridgehead atoms. The smallest absolute Gasteiger partial charge is 0.161 e. The Kier molecular flexibility index (Phi) is 6.86. The molecule has 20 heavy (non-hydrogen) atoms. The van der Waals surface area contributed by atoms with Gasteiger partial charge < -0.3 is 15.2 Å². The third kappa shape index (κ3) is 3.89. The van der Waals surface area contributed by atoms with Crippen molar-refractivity contribution in [2.75, 3.05) is 14.2 Å². The maximum atomic E-state index is 6.51. The summed E-state index contributed by atoms with van der Waals surface area (Å²) >= 11 is 0. The first kappa shape index (κ1) is 16.8. The lowest BCUT2D eigenvalue weighted by atomic mass is 9.85. The number of methoxy groups -OCH3 is 2. The predicted octanol–water partition coefficient (Wildman–Crippen LogP) is 4.23. The summed E-state index contributed by atoms with van der Waals surface area (Å²) in [6.07, 6.45) is 4.74. The molecule has 0 aliphatic rings. The van der Waals surface area contributed by atoms with E-state index in [2.05, 4.69) is 20.8 Å². The molecule has 0 aliphatic heterocycles. The van der Waals surface area contributed by atoms with Crippen molar-refractivity contribution in [2.24, 2.45) is 11.7 Å². The summed E-state index contributed by atoms with van der Waals surface area (Å²) in [7, 11) is 3.32. The Hall–Kier alpha value is -1.22. The summed E-state index contributed by atoms with van der Waals surface area (Å²) in [4.78, 5) is 0. The molecule has 0 spiro atoms. The molecule has 2 N–H and O–H groups in total. The summed E-state index contributed by atoms with van der Waals surface area (Å²) in [6.45, 7) is 6.53. The molecule has 0 fully saturated rings. The van der Waals surface area contributed by atoms with Gasteiger partial charge in [0.25, 0.3) is 0 Å². The predicted molar refractivity (Wildman–Crippen MR) is 84.5 cm³/mol. The molecule has 0 radical (unpaired) electrons. The van der Waals surface area contributed by atoms with Crippen LogP contribution in [0.3, 0.4) is 0 Å². The van der Waals surface area contributed by atoms with Gasteiger partial charge in [0, 0.05) is 6.04 Å². The molecule has 0 aliphatic carbocycles. The highest BCUT2D eigenvalue weighted by molar-refractivity contribution is 5.48. The van der Waals surface area contributed by atoms with Gasteiger partial charge in [-0.15, -0.1) is 0 Å². The van der Waals surface area contributed by atoms with Crippen LogP contribution in [0.1, 0.15) is 56.7 Å². The molecule has 3 heteroatoms. The van der Waals surface area contributed by atoms with Crippen molar-refractivity contribution in [2.45, 2.75) is 52.5 Å². The molecule has 2 atom stereocenters. The molecule has 1 aromatic carbocycles. The van der Waals surface area contributed by atoms with Crippen LogP contribution in [0.15, 0.2) is 12.1 Å². The van der Waals surface area contributed by atoms with Crippen molar-refractivity contribution in [1.29, 1.82) is 0 Å². The third-order valence-electron chi connectivity index (χ3n) is 4.09. The second-order valence-electron chi connectivity index (χ2n) is 5.40. The Bertz CT molecular complexity index is 418. The lowest BCUT2D eigenvalue weighted by Gasteiger charge is -2.25. The highest BCUT2D eigenvalue weighted by Crippen LogP contribution is 2.36. The van der Waals surface area contributed by atoms with Crippen LogP contribution in [0.2, 0.25) is 0 Å². The van der Waals surface area contributed by atoms with Crippen molar-refractivity contribution >= 4 is 0 Å². The second kappa shape index (κ2) is 8.15. The van der Waals surface area contributed by atoms with Crippen molar-refractivity contribution in [3.63, 3.8) is 0 Å². The van der Waals surface area contributed by atoms with E-state index in [0.717, 1.165) is 17.9 Å². The Morgan fingerprint density at radius 2 is 1.70 bits per heavy atom. The number of hydrogen-bond donors (Lipinski definition) is 1. The molecular formula is C17H29NO2. The number of ether oxygens (including phenoxy) is 2. The van der Waals surface area contributed by atoms with E-state index in [9.17, 15) is 0 Å². The Balaban J connectivity index is 3.04. The Morgan fingerprint density at radius 3 is 2.20 bits per heavy atom. The summed E-state index contributed by atoms with van der Waals surface area (Å²) in [5.74, 6) is 2.04. The van der Waals surface area contributed by atoms with Gasteiger partial charge in [-0.2, -0.15) is 0 Å². The van der Waals surface area contributed by atoms with Gasteiger partial charge in [-0.1, -0.05) is 33.1 Å². The molecule has 0 aromatic heterocycles. The quantitative estimate of drug-likeness (QED) is 0.774. The van der Waals surface area contributed by atoms with Crippen LogP contribution in [0.25, 0.3) is 0 Å². The zero-order valence-electron chi connectivity index (χ0n) is 13.5. The minimum atomic E-state index is 0.0614. The minimum Gasteiger partial charge on any atom is -0.493 e. The first-order chi connectivity index (χ1) is 9.58. The minimum absolute atomic E-state index is 0.0614. The highest BCUT2D eigenvalue weighted by Gasteiger charge is 2.21.